The number of nitrogens with one attached hydrogen (secondary N) is 1. The number of anilines is 1. The first-order valence-electron chi connectivity index (χ1n) is 5.91. The van der Waals surface area contributed by atoms with E-state index >= 15 is 0 Å². The van der Waals surface area contributed by atoms with Gasteiger partial charge in [0.05, 0.1) is 4.92 Å². The zero-order chi connectivity index (χ0) is 13.8. The van der Waals surface area contributed by atoms with Gasteiger partial charge in [-0.2, -0.15) is 0 Å². The van der Waals surface area contributed by atoms with Gasteiger partial charge in [0.15, 0.2) is 0 Å². The summed E-state index contributed by atoms with van der Waals surface area (Å²) in [7, 11) is 0. The van der Waals surface area contributed by atoms with Crippen LogP contribution in [0.4, 0.5) is 16.3 Å². The molecule has 0 aliphatic carbocycles. The second kappa shape index (κ2) is 5.51. The van der Waals surface area contributed by atoms with Crippen LogP contribution in [0.15, 0.2) is 18.3 Å². The van der Waals surface area contributed by atoms with Crippen molar-refractivity contribution in [1.29, 1.82) is 0 Å². The zero-order valence-electron chi connectivity index (χ0n) is 10.2. The number of aromatic nitrogens is 1. The van der Waals surface area contributed by atoms with E-state index in [9.17, 15) is 14.9 Å². The Bertz CT molecular complexity index is 485. The Kier molecular flexibility index (Phi) is 3.79. The molecule has 0 bridgehead atoms. The average Bonchev–Trinajstić information content (AvgIpc) is 2.39. The Hall–Kier alpha value is -2.38. The van der Waals surface area contributed by atoms with E-state index in [2.05, 4.69) is 10.3 Å². The molecule has 19 heavy (non-hydrogen) atoms. The number of nitro groups is 1. The molecule has 1 aliphatic rings. The summed E-state index contributed by atoms with van der Waals surface area (Å²) >= 11 is 0. The number of nitrogens with zero attached hydrogens (tertiary/aromatic N) is 3. The quantitative estimate of drug-likeness (QED) is 0.629. The lowest BCUT2D eigenvalue weighted by molar-refractivity contribution is -0.384. The van der Waals surface area contributed by atoms with Gasteiger partial charge >= 0.3 is 11.8 Å². The van der Waals surface area contributed by atoms with Gasteiger partial charge in [-0.15, -0.1) is 0 Å². The SMILES string of the molecule is O=C(O)NC1CCN(c2ncccc2[N+](=O)[O-])CC1. The Morgan fingerprint density at radius 3 is 2.79 bits per heavy atom. The molecule has 1 saturated heterocycles. The first-order chi connectivity index (χ1) is 9.08. The van der Waals surface area contributed by atoms with E-state index in [4.69, 9.17) is 5.11 Å². The van der Waals surface area contributed by atoms with Crippen LogP contribution in [0.2, 0.25) is 0 Å². The number of hydrogen-bond donors (Lipinski definition) is 2. The van der Waals surface area contributed by atoms with Crippen LogP contribution in [0.3, 0.4) is 0 Å². The molecular formula is C11H14N4O4. The van der Waals surface area contributed by atoms with Gasteiger partial charge in [0.1, 0.15) is 0 Å². The summed E-state index contributed by atoms with van der Waals surface area (Å²) in [6, 6.07) is 2.85. The van der Waals surface area contributed by atoms with Gasteiger partial charge in [-0.1, -0.05) is 0 Å². The van der Waals surface area contributed by atoms with Crippen LogP contribution in [0.25, 0.3) is 0 Å². The third-order valence-corrected chi connectivity index (χ3v) is 3.08. The number of pyridine rings is 1. The number of carboxylic acid groups (broad SMARTS) is 1. The maximum Gasteiger partial charge on any atom is 0.404 e. The fourth-order valence-electron chi connectivity index (χ4n) is 2.18. The third kappa shape index (κ3) is 3.09. The van der Waals surface area contributed by atoms with Gasteiger partial charge in [0.2, 0.25) is 5.82 Å². The van der Waals surface area contributed by atoms with Crippen LogP contribution in [-0.2, 0) is 0 Å². The first-order valence-corrected chi connectivity index (χ1v) is 5.91. The summed E-state index contributed by atoms with van der Waals surface area (Å²) in [4.78, 5) is 26.9. The molecular weight excluding hydrogens is 252 g/mol. The van der Waals surface area contributed by atoms with E-state index in [0.29, 0.717) is 31.7 Å². The maximum atomic E-state index is 10.9. The summed E-state index contributed by atoms with van der Waals surface area (Å²) in [5.41, 5.74) is -0.0212. The first kappa shape index (κ1) is 13.1. The van der Waals surface area contributed by atoms with Crippen molar-refractivity contribution in [1.82, 2.24) is 10.3 Å². The maximum absolute atomic E-state index is 10.9. The monoisotopic (exact) mass is 266 g/mol. The third-order valence-electron chi connectivity index (χ3n) is 3.08. The van der Waals surface area contributed by atoms with Crippen LogP contribution in [0.5, 0.6) is 0 Å². The Morgan fingerprint density at radius 1 is 1.53 bits per heavy atom. The topological polar surface area (TPSA) is 109 Å². The number of rotatable bonds is 3. The van der Waals surface area contributed by atoms with Crippen molar-refractivity contribution < 1.29 is 14.8 Å². The summed E-state index contributed by atoms with van der Waals surface area (Å²) in [6.45, 7) is 1.09. The van der Waals surface area contributed by atoms with Crippen molar-refractivity contribution in [2.75, 3.05) is 18.0 Å². The summed E-state index contributed by atoms with van der Waals surface area (Å²) in [6.07, 6.45) is 1.70. The molecule has 0 unspecified atom stereocenters. The largest absolute Gasteiger partial charge is 0.465 e. The number of piperidine rings is 1. The van der Waals surface area contributed by atoms with Gasteiger partial charge in [-0.05, 0) is 18.9 Å². The molecule has 2 rings (SSSR count). The van der Waals surface area contributed by atoms with Gasteiger partial charge < -0.3 is 15.3 Å². The Morgan fingerprint density at radius 2 is 2.21 bits per heavy atom. The van der Waals surface area contributed by atoms with Gasteiger partial charge in [-0.3, -0.25) is 10.1 Å². The molecule has 0 radical (unpaired) electrons. The van der Waals surface area contributed by atoms with E-state index in [1.165, 1.54) is 18.3 Å². The summed E-state index contributed by atoms with van der Waals surface area (Å²) in [5.74, 6) is 0.348. The van der Waals surface area contributed by atoms with Crippen LogP contribution < -0.4 is 10.2 Å². The molecule has 1 aromatic heterocycles. The fraction of sp³-hybridized carbons (Fsp3) is 0.455. The van der Waals surface area contributed by atoms with Crippen molar-refractivity contribution in [3.8, 4) is 0 Å². The van der Waals surface area contributed by atoms with Crippen LogP contribution in [0, 0.1) is 10.1 Å². The lowest BCUT2D eigenvalue weighted by atomic mass is 10.1. The molecule has 1 aromatic rings. The van der Waals surface area contributed by atoms with Crippen molar-refractivity contribution in [2.45, 2.75) is 18.9 Å². The predicted molar refractivity (Wildman–Crippen MR) is 67.3 cm³/mol. The summed E-state index contributed by atoms with van der Waals surface area (Å²) < 4.78 is 0. The molecule has 102 valence electrons. The molecule has 1 fully saturated rings. The van der Waals surface area contributed by atoms with Crippen molar-refractivity contribution in [2.24, 2.45) is 0 Å². The van der Waals surface area contributed by atoms with E-state index < -0.39 is 11.0 Å². The van der Waals surface area contributed by atoms with Gasteiger partial charge in [0, 0.05) is 31.4 Å². The second-order valence-electron chi connectivity index (χ2n) is 4.31. The highest BCUT2D eigenvalue weighted by atomic mass is 16.6. The molecule has 8 nitrogen and oxygen atoms in total. The highest BCUT2D eigenvalue weighted by molar-refractivity contribution is 5.65. The Balaban J connectivity index is 2.05. The minimum atomic E-state index is -1.04. The molecule has 1 aliphatic heterocycles. The van der Waals surface area contributed by atoms with Crippen molar-refractivity contribution in [3.63, 3.8) is 0 Å². The van der Waals surface area contributed by atoms with Crippen molar-refractivity contribution >= 4 is 17.6 Å². The second-order valence-corrected chi connectivity index (χ2v) is 4.31. The zero-order valence-corrected chi connectivity index (χ0v) is 10.2. The molecule has 2 heterocycles. The van der Waals surface area contributed by atoms with E-state index in [1.807, 2.05) is 4.90 Å². The molecule has 0 spiro atoms. The normalized spacial score (nSPS) is 16.1. The van der Waals surface area contributed by atoms with Crippen LogP contribution in [-0.4, -0.2) is 40.2 Å². The number of carbonyl (C=O) groups is 1. The number of hydrogen-bond acceptors (Lipinski definition) is 5. The molecule has 2 N–H and O–H groups in total. The average molecular weight is 266 g/mol. The highest BCUT2D eigenvalue weighted by Gasteiger charge is 2.26. The van der Waals surface area contributed by atoms with Crippen LogP contribution >= 0.6 is 0 Å². The Labute approximate surface area is 109 Å². The minimum absolute atomic E-state index is 0.0212. The standard InChI is InChI=1S/C11H14N4O4/c16-11(17)13-8-3-6-14(7-4-8)10-9(15(18)19)2-1-5-12-10/h1-2,5,8,13H,3-4,6-7H2,(H,16,17). The van der Waals surface area contributed by atoms with Crippen molar-refractivity contribution in [3.05, 3.63) is 28.4 Å². The summed E-state index contributed by atoms with van der Waals surface area (Å²) in [5, 5.41) is 22.0. The van der Waals surface area contributed by atoms with Gasteiger partial charge in [0.25, 0.3) is 0 Å². The van der Waals surface area contributed by atoms with E-state index in [1.54, 1.807) is 0 Å². The fourth-order valence-corrected chi connectivity index (χ4v) is 2.18. The molecule has 8 heteroatoms. The molecule has 1 amide bonds. The molecule has 0 saturated carbocycles. The van der Waals surface area contributed by atoms with E-state index in [-0.39, 0.29) is 11.7 Å². The highest BCUT2D eigenvalue weighted by Crippen LogP contribution is 2.27. The number of amides is 1. The smallest absolute Gasteiger partial charge is 0.404 e. The van der Waals surface area contributed by atoms with E-state index in [0.717, 1.165) is 0 Å². The molecule has 0 aromatic carbocycles. The molecule has 0 atom stereocenters. The lowest BCUT2D eigenvalue weighted by Gasteiger charge is -2.32. The lowest BCUT2D eigenvalue weighted by Crippen LogP contribution is -2.44. The van der Waals surface area contributed by atoms with Crippen LogP contribution in [0.1, 0.15) is 12.8 Å². The van der Waals surface area contributed by atoms with Gasteiger partial charge in [-0.25, -0.2) is 9.78 Å². The minimum Gasteiger partial charge on any atom is -0.465 e. The predicted octanol–water partition coefficient (Wildman–Crippen LogP) is 1.23.